The monoisotopic (exact) mass is 222 g/mol. The van der Waals surface area contributed by atoms with Gasteiger partial charge in [-0.2, -0.15) is 5.10 Å². The van der Waals surface area contributed by atoms with Gasteiger partial charge in [0.25, 0.3) is 0 Å². The molecule has 1 fully saturated rings. The van der Waals surface area contributed by atoms with Gasteiger partial charge < -0.3 is 11.1 Å². The lowest BCUT2D eigenvalue weighted by Crippen LogP contribution is -2.40. The van der Waals surface area contributed by atoms with Crippen LogP contribution in [-0.2, 0) is 11.8 Å². The number of nitrogens with one attached hydrogen (secondary N) is 1. The fourth-order valence-electron chi connectivity index (χ4n) is 2.27. The van der Waals surface area contributed by atoms with Crippen molar-refractivity contribution in [1.82, 2.24) is 9.78 Å². The molecule has 16 heavy (non-hydrogen) atoms. The number of hydrogen-bond acceptors (Lipinski definition) is 3. The molecule has 0 bridgehead atoms. The number of hydrogen-bond donors (Lipinski definition) is 2. The van der Waals surface area contributed by atoms with Gasteiger partial charge in [0.2, 0.25) is 5.91 Å². The van der Waals surface area contributed by atoms with Crippen LogP contribution in [0.5, 0.6) is 0 Å². The maximum Gasteiger partial charge on any atom is 0.226 e. The zero-order valence-electron chi connectivity index (χ0n) is 9.57. The molecule has 0 aliphatic heterocycles. The number of nitrogens with zero attached hydrogens (tertiary/aromatic N) is 2. The molecule has 0 unspecified atom stereocenters. The number of nitrogens with two attached hydrogens (primary N) is 1. The molecule has 0 atom stereocenters. The third kappa shape index (κ3) is 2.61. The number of amides is 1. The van der Waals surface area contributed by atoms with Crippen molar-refractivity contribution in [2.75, 3.05) is 5.32 Å². The maximum absolute atomic E-state index is 11.8. The predicted octanol–water partition coefficient (Wildman–Crippen LogP) is 1.02. The number of carbonyl (C=O) groups is 1. The summed E-state index contributed by atoms with van der Waals surface area (Å²) in [4.78, 5) is 11.8. The zero-order valence-corrected chi connectivity index (χ0v) is 9.57. The van der Waals surface area contributed by atoms with Crippen LogP contribution >= 0.6 is 0 Å². The standard InChI is InChI=1S/C11H18N4O/c1-15-8-9(7-13-15)14-10(16)6-11(12)4-2-3-5-11/h7-8H,2-6,12H2,1H3,(H,14,16). The van der Waals surface area contributed by atoms with Crippen molar-refractivity contribution in [2.45, 2.75) is 37.6 Å². The van der Waals surface area contributed by atoms with Gasteiger partial charge in [-0.3, -0.25) is 9.48 Å². The molecule has 1 aliphatic carbocycles. The SMILES string of the molecule is Cn1cc(NC(=O)CC2(N)CCCC2)cn1. The molecular formula is C11H18N4O. The molecule has 1 aromatic rings. The molecule has 1 aromatic heterocycles. The first-order chi connectivity index (χ1) is 7.57. The molecule has 3 N–H and O–H groups in total. The topological polar surface area (TPSA) is 72.9 Å². The number of anilines is 1. The predicted molar refractivity (Wildman–Crippen MR) is 61.8 cm³/mol. The molecule has 88 valence electrons. The van der Waals surface area contributed by atoms with Crippen molar-refractivity contribution in [3.63, 3.8) is 0 Å². The average molecular weight is 222 g/mol. The molecule has 0 spiro atoms. The van der Waals surface area contributed by atoms with Gasteiger partial charge in [0.05, 0.1) is 11.9 Å². The molecular weight excluding hydrogens is 204 g/mol. The minimum Gasteiger partial charge on any atom is -0.325 e. The fraction of sp³-hybridized carbons (Fsp3) is 0.636. The summed E-state index contributed by atoms with van der Waals surface area (Å²) in [6, 6.07) is 0. The summed E-state index contributed by atoms with van der Waals surface area (Å²) in [5.41, 5.74) is 6.58. The van der Waals surface area contributed by atoms with E-state index in [-0.39, 0.29) is 11.4 Å². The Morgan fingerprint density at radius 3 is 2.88 bits per heavy atom. The summed E-state index contributed by atoms with van der Waals surface area (Å²) in [6.45, 7) is 0. The van der Waals surface area contributed by atoms with Crippen molar-refractivity contribution in [1.29, 1.82) is 0 Å². The van der Waals surface area contributed by atoms with Gasteiger partial charge in [0.15, 0.2) is 0 Å². The van der Waals surface area contributed by atoms with Crippen LogP contribution in [0, 0.1) is 0 Å². The molecule has 2 rings (SSSR count). The molecule has 0 radical (unpaired) electrons. The second-order valence-electron chi connectivity index (χ2n) is 4.70. The Kier molecular flexibility index (Phi) is 2.96. The first-order valence-corrected chi connectivity index (χ1v) is 5.65. The summed E-state index contributed by atoms with van der Waals surface area (Å²) in [7, 11) is 1.82. The second-order valence-corrected chi connectivity index (χ2v) is 4.70. The van der Waals surface area contributed by atoms with E-state index in [4.69, 9.17) is 5.73 Å². The Morgan fingerprint density at radius 2 is 2.31 bits per heavy atom. The van der Waals surface area contributed by atoms with Gasteiger partial charge in [-0.15, -0.1) is 0 Å². The Balaban J connectivity index is 1.89. The van der Waals surface area contributed by atoms with Crippen LogP contribution in [0.3, 0.4) is 0 Å². The largest absolute Gasteiger partial charge is 0.325 e. The van der Waals surface area contributed by atoms with Crippen LogP contribution in [-0.4, -0.2) is 21.2 Å². The van der Waals surface area contributed by atoms with E-state index < -0.39 is 0 Å². The fourth-order valence-corrected chi connectivity index (χ4v) is 2.27. The Morgan fingerprint density at radius 1 is 1.62 bits per heavy atom. The lowest BCUT2D eigenvalue weighted by atomic mass is 9.94. The van der Waals surface area contributed by atoms with E-state index in [0.29, 0.717) is 6.42 Å². The minimum atomic E-state index is -0.285. The lowest BCUT2D eigenvalue weighted by molar-refractivity contribution is -0.117. The highest BCUT2D eigenvalue weighted by atomic mass is 16.1. The highest BCUT2D eigenvalue weighted by Gasteiger charge is 2.31. The summed E-state index contributed by atoms with van der Waals surface area (Å²) in [5, 5.41) is 6.80. The van der Waals surface area contributed by atoms with E-state index in [2.05, 4.69) is 10.4 Å². The normalized spacial score (nSPS) is 18.6. The van der Waals surface area contributed by atoms with Crippen LogP contribution in [0.1, 0.15) is 32.1 Å². The lowest BCUT2D eigenvalue weighted by Gasteiger charge is -2.22. The van der Waals surface area contributed by atoms with Crippen LogP contribution < -0.4 is 11.1 Å². The summed E-state index contributed by atoms with van der Waals surface area (Å²) >= 11 is 0. The van der Waals surface area contributed by atoms with Gasteiger partial charge in [-0.25, -0.2) is 0 Å². The molecule has 1 amide bonds. The number of aryl methyl sites for hydroxylation is 1. The van der Waals surface area contributed by atoms with E-state index in [9.17, 15) is 4.79 Å². The Hall–Kier alpha value is -1.36. The van der Waals surface area contributed by atoms with Crippen molar-refractivity contribution in [2.24, 2.45) is 12.8 Å². The van der Waals surface area contributed by atoms with E-state index in [1.165, 1.54) is 0 Å². The van der Waals surface area contributed by atoms with Gasteiger partial charge in [-0.05, 0) is 12.8 Å². The van der Waals surface area contributed by atoms with Crippen LogP contribution in [0.4, 0.5) is 5.69 Å². The van der Waals surface area contributed by atoms with E-state index in [1.807, 2.05) is 7.05 Å². The van der Waals surface area contributed by atoms with Gasteiger partial charge in [0, 0.05) is 25.2 Å². The number of carbonyl (C=O) groups excluding carboxylic acids is 1. The molecule has 0 saturated heterocycles. The summed E-state index contributed by atoms with van der Waals surface area (Å²) < 4.78 is 1.66. The molecule has 1 saturated carbocycles. The van der Waals surface area contributed by atoms with Crippen molar-refractivity contribution >= 4 is 11.6 Å². The quantitative estimate of drug-likeness (QED) is 0.802. The van der Waals surface area contributed by atoms with Crippen molar-refractivity contribution < 1.29 is 4.79 Å². The smallest absolute Gasteiger partial charge is 0.226 e. The van der Waals surface area contributed by atoms with Gasteiger partial charge in [0.1, 0.15) is 0 Å². The molecule has 5 heteroatoms. The number of aromatic nitrogens is 2. The maximum atomic E-state index is 11.8. The van der Waals surface area contributed by atoms with E-state index >= 15 is 0 Å². The second kappa shape index (κ2) is 4.25. The molecule has 5 nitrogen and oxygen atoms in total. The highest BCUT2D eigenvalue weighted by Crippen LogP contribution is 2.30. The number of rotatable bonds is 3. The van der Waals surface area contributed by atoms with Gasteiger partial charge >= 0.3 is 0 Å². The third-order valence-electron chi connectivity index (χ3n) is 3.10. The van der Waals surface area contributed by atoms with Crippen LogP contribution in [0.15, 0.2) is 12.4 Å². The molecule has 0 aromatic carbocycles. The van der Waals surface area contributed by atoms with Crippen LogP contribution in [0.2, 0.25) is 0 Å². The van der Waals surface area contributed by atoms with Crippen molar-refractivity contribution in [3.8, 4) is 0 Å². The zero-order chi connectivity index (χ0) is 11.6. The average Bonchev–Trinajstić information content (AvgIpc) is 2.75. The van der Waals surface area contributed by atoms with E-state index in [0.717, 1.165) is 31.4 Å². The first-order valence-electron chi connectivity index (χ1n) is 5.65. The minimum absolute atomic E-state index is 0.0163. The Labute approximate surface area is 95.0 Å². The first kappa shape index (κ1) is 11.1. The van der Waals surface area contributed by atoms with Crippen LogP contribution in [0.25, 0.3) is 0 Å². The third-order valence-corrected chi connectivity index (χ3v) is 3.10. The summed E-state index contributed by atoms with van der Waals surface area (Å²) in [6.07, 6.45) is 7.99. The van der Waals surface area contributed by atoms with E-state index in [1.54, 1.807) is 17.1 Å². The van der Waals surface area contributed by atoms with Crippen molar-refractivity contribution in [3.05, 3.63) is 12.4 Å². The highest BCUT2D eigenvalue weighted by molar-refractivity contribution is 5.91. The van der Waals surface area contributed by atoms with Gasteiger partial charge in [-0.1, -0.05) is 12.8 Å². The Bertz CT molecular complexity index is 379. The molecule has 1 aliphatic rings. The summed E-state index contributed by atoms with van der Waals surface area (Å²) in [5.74, 6) is -0.0163. The molecule has 1 heterocycles.